The van der Waals surface area contributed by atoms with E-state index in [9.17, 15) is 14.7 Å². The fourth-order valence-corrected chi connectivity index (χ4v) is 6.51. The molecule has 3 heterocycles. The number of aromatic carboxylic acids is 1. The molecule has 0 saturated heterocycles. The number of carboxylic acids is 1. The number of carbonyl (C=O) groups is 1. The van der Waals surface area contributed by atoms with Gasteiger partial charge in [0.15, 0.2) is 5.69 Å². The number of aromatic nitrogens is 4. The van der Waals surface area contributed by atoms with Crippen LogP contribution in [0.5, 0.6) is 0 Å². The highest BCUT2D eigenvalue weighted by Crippen LogP contribution is 2.42. The highest BCUT2D eigenvalue weighted by atomic mass is 35.5. The molecular formula is C24H22Cl2N4O3S2. The molecule has 0 aliphatic heterocycles. The van der Waals surface area contributed by atoms with E-state index >= 15 is 0 Å². The maximum Gasteiger partial charge on any atom is 0.355 e. The molecule has 11 heteroatoms. The molecule has 0 aliphatic rings. The van der Waals surface area contributed by atoms with Gasteiger partial charge in [0.25, 0.3) is 5.56 Å². The number of carboxylic acid groups (broad SMARTS) is 1. The van der Waals surface area contributed by atoms with Crippen molar-refractivity contribution in [2.75, 3.05) is 0 Å². The lowest BCUT2D eigenvalue weighted by Gasteiger charge is -2.07. The van der Waals surface area contributed by atoms with Crippen LogP contribution >= 0.6 is 46.3 Å². The SMILES string of the molecule is Cc1nn(-c2nc(-c3ccc(Cl)c(Cl)c3)c(SC(C)C)s2)c(C(=O)O)c1-c1cc(C)c(=O)n(C)c1. The van der Waals surface area contributed by atoms with E-state index in [1.165, 1.54) is 20.6 Å². The van der Waals surface area contributed by atoms with Gasteiger partial charge in [-0.05, 0) is 32.0 Å². The highest BCUT2D eigenvalue weighted by Gasteiger charge is 2.27. The minimum Gasteiger partial charge on any atom is -0.476 e. The predicted octanol–water partition coefficient (Wildman–Crippen LogP) is 6.48. The number of nitrogens with zero attached hydrogens (tertiary/aromatic N) is 4. The second-order valence-electron chi connectivity index (χ2n) is 8.28. The molecule has 4 rings (SSSR count). The number of rotatable bonds is 6. The number of hydrogen-bond acceptors (Lipinski definition) is 6. The number of hydrogen-bond donors (Lipinski definition) is 1. The topological polar surface area (TPSA) is 90.0 Å². The van der Waals surface area contributed by atoms with Crippen molar-refractivity contribution in [1.82, 2.24) is 19.3 Å². The Morgan fingerprint density at radius 1 is 1.14 bits per heavy atom. The summed E-state index contributed by atoms with van der Waals surface area (Å²) in [4.78, 5) is 29.5. The molecule has 0 unspecified atom stereocenters. The number of pyridine rings is 1. The van der Waals surface area contributed by atoms with Gasteiger partial charge in [-0.1, -0.05) is 54.5 Å². The summed E-state index contributed by atoms with van der Waals surface area (Å²) in [7, 11) is 1.64. The van der Waals surface area contributed by atoms with Crippen LogP contribution in [0.2, 0.25) is 10.0 Å². The molecule has 0 radical (unpaired) electrons. The number of halogens is 2. The van der Waals surface area contributed by atoms with Gasteiger partial charge in [0.2, 0.25) is 5.13 Å². The summed E-state index contributed by atoms with van der Waals surface area (Å²) in [5, 5.41) is 16.3. The van der Waals surface area contributed by atoms with Gasteiger partial charge in [0, 0.05) is 40.7 Å². The van der Waals surface area contributed by atoms with Gasteiger partial charge in [0.05, 0.1) is 25.6 Å². The van der Waals surface area contributed by atoms with E-state index in [0.29, 0.717) is 43.3 Å². The predicted molar refractivity (Wildman–Crippen MR) is 143 cm³/mol. The normalized spacial score (nSPS) is 11.4. The van der Waals surface area contributed by atoms with Crippen LogP contribution in [0.4, 0.5) is 0 Å². The number of thioether (sulfide) groups is 1. The average molecular weight is 550 g/mol. The molecule has 0 bridgehead atoms. The molecule has 182 valence electrons. The summed E-state index contributed by atoms with van der Waals surface area (Å²) >= 11 is 15.3. The summed E-state index contributed by atoms with van der Waals surface area (Å²) in [6, 6.07) is 6.98. The molecule has 4 aromatic rings. The Balaban J connectivity index is 1.94. The maximum absolute atomic E-state index is 12.5. The molecule has 0 saturated carbocycles. The zero-order valence-electron chi connectivity index (χ0n) is 19.6. The van der Waals surface area contributed by atoms with E-state index in [4.69, 9.17) is 28.2 Å². The fraction of sp³-hybridized carbons (Fsp3) is 0.250. The molecule has 0 aliphatic carbocycles. The van der Waals surface area contributed by atoms with Gasteiger partial charge >= 0.3 is 5.97 Å². The monoisotopic (exact) mass is 548 g/mol. The lowest BCUT2D eigenvalue weighted by atomic mass is 10.0. The first-order chi connectivity index (χ1) is 16.5. The Hall–Kier alpha value is -2.59. The first-order valence-electron chi connectivity index (χ1n) is 10.6. The first-order valence-corrected chi connectivity index (χ1v) is 13.1. The van der Waals surface area contributed by atoms with E-state index in [0.717, 1.165) is 9.77 Å². The Bertz CT molecular complexity index is 1500. The van der Waals surface area contributed by atoms with Crippen molar-refractivity contribution in [3.05, 3.63) is 67.8 Å². The van der Waals surface area contributed by atoms with Crippen molar-refractivity contribution in [2.24, 2.45) is 7.05 Å². The van der Waals surface area contributed by atoms with Crippen molar-refractivity contribution in [3.63, 3.8) is 0 Å². The molecule has 0 amide bonds. The third-order valence-electron chi connectivity index (χ3n) is 5.22. The van der Waals surface area contributed by atoms with Gasteiger partial charge in [-0.3, -0.25) is 4.79 Å². The third kappa shape index (κ3) is 4.91. The lowest BCUT2D eigenvalue weighted by molar-refractivity contribution is 0.0688. The van der Waals surface area contributed by atoms with Gasteiger partial charge < -0.3 is 9.67 Å². The van der Waals surface area contributed by atoms with Crippen LogP contribution in [0.15, 0.2) is 39.5 Å². The van der Waals surface area contributed by atoms with E-state index in [2.05, 4.69) is 18.9 Å². The molecule has 1 N–H and O–H groups in total. The quantitative estimate of drug-likeness (QED) is 0.277. The van der Waals surface area contributed by atoms with E-state index in [1.54, 1.807) is 57.1 Å². The van der Waals surface area contributed by atoms with Gasteiger partial charge in [-0.15, -0.1) is 11.8 Å². The number of thiazole rings is 1. The Labute approximate surface area is 220 Å². The van der Waals surface area contributed by atoms with Crippen LogP contribution in [0, 0.1) is 13.8 Å². The second kappa shape index (κ2) is 9.81. The molecule has 0 atom stereocenters. The first kappa shape index (κ1) is 25.5. The summed E-state index contributed by atoms with van der Waals surface area (Å²) in [6.45, 7) is 7.59. The maximum atomic E-state index is 12.5. The zero-order chi connectivity index (χ0) is 25.6. The third-order valence-corrected chi connectivity index (χ3v) is 8.20. The molecule has 1 aromatic carbocycles. The Morgan fingerprint density at radius 3 is 2.46 bits per heavy atom. The van der Waals surface area contributed by atoms with Crippen LogP contribution in [-0.4, -0.2) is 35.7 Å². The van der Waals surface area contributed by atoms with Crippen molar-refractivity contribution in [1.29, 1.82) is 0 Å². The molecule has 35 heavy (non-hydrogen) atoms. The van der Waals surface area contributed by atoms with E-state index in [1.807, 2.05) is 6.07 Å². The van der Waals surface area contributed by atoms with Crippen LogP contribution in [0.1, 0.15) is 35.6 Å². The van der Waals surface area contributed by atoms with Crippen LogP contribution in [0.25, 0.3) is 27.5 Å². The fourth-order valence-electron chi connectivity index (χ4n) is 3.73. The van der Waals surface area contributed by atoms with E-state index in [-0.39, 0.29) is 16.5 Å². The second-order valence-corrected chi connectivity index (χ2v) is 11.9. The van der Waals surface area contributed by atoms with Gasteiger partial charge in [-0.2, -0.15) is 9.78 Å². The van der Waals surface area contributed by atoms with Crippen molar-refractivity contribution in [2.45, 2.75) is 37.2 Å². The largest absolute Gasteiger partial charge is 0.476 e. The summed E-state index contributed by atoms with van der Waals surface area (Å²) < 4.78 is 3.72. The Morgan fingerprint density at radius 2 is 1.86 bits per heavy atom. The van der Waals surface area contributed by atoms with Crippen molar-refractivity contribution < 1.29 is 9.90 Å². The van der Waals surface area contributed by atoms with Crippen molar-refractivity contribution >= 4 is 52.3 Å². The van der Waals surface area contributed by atoms with Gasteiger partial charge in [0.1, 0.15) is 0 Å². The highest BCUT2D eigenvalue weighted by molar-refractivity contribution is 8.01. The minimum atomic E-state index is -1.14. The Kier molecular flexibility index (Phi) is 7.15. The average Bonchev–Trinajstić information content (AvgIpc) is 3.34. The molecule has 0 spiro atoms. The summed E-state index contributed by atoms with van der Waals surface area (Å²) in [5.74, 6) is -1.14. The van der Waals surface area contributed by atoms with Crippen LogP contribution in [-0.2, 0) is 7.05 Å². The standard InChI is InChI=1S/C24H22Cl2N4O3S2/c1-11(2)34-23-19(14-6-7-16(25)17(26)9-14)27-24(35-23)30-20(22(32)33)18(13(4)28-30)15-8-12(3)21(31)29(5)10-15/h6-11H,1-5H3,(H,32,33). The molecule has 7 nitrogen and oxygen atoms in total. The summed E-state index contributed by atoms with van der Waals surface area (Å²) in [6.07, 6.45) is 1.62. The smallest absolute Gasteiger partial charge is 0.355 e. The number of aryl methyl sites for hydroxylation is 3. The van der Waals surface area contributed by atoms with Crippen LogP contribution < -0.4 is 5.56 Å². The van der Waals surface area contributed by atoms with Gasteiger partial charge in [-0.25, -0.2) is 9.78 Å². The van der Waals surface area contributed by atoms with Crippen LogP contribution in [0.3, 0.4) is 0 Å². The summed E-state index contributed by atoms with van der Waals surface area (Å²) in [5.41, 5.74) is 3.38. The molecular weight excluding hydrogens is 527 g/mol. The molecule has 3 aromatic heterocycles. The van der Waals surface area contributed by atoms with E-state index < -0.39 is 5.97 Å². The lowest BCUT2D eigenvalue weighted by Crippen LogP contribution is -2.18. The minimum absolute atomic E-state index is 0.0175. The van der Waals surface area contributed by atoms with Crippen molar-refractivity contribution in [3.8, 4) is 27.5 Å². The number of benzene rings is 1. The zero-order valence-corrected chi connectivity index (χ0v) is 22.7. The molecule has 0 fully saturated rings.